The molecule has 9 heteroatoms. The topological polar surface area (TPSA) is 85.6 Å². The van der Waals surface area contributed by atoms with Crippen LogP contribution < -0.4 is 15.6 Å². The van der Waals surface area contributed by atoms with Gasteiger partial charge in [0, 0.05) is 24.9 Å². The monoisotopic (exact) mass is 582 g/mol. The second-order valence-electron chi connectivity index (χ2n) is 11.4. The maximum absolute atomic E-state index is 13.6. The molecule has 0 spiro atoms. The summed E-state index contributed by atoms with van der Waals surface area (Å²) in [6.45, 7) is 7.16. The van der Waals surface area contributed by atoms with Gasteiger partial charge in [0.15, 0.2) is 5.78 Å². The van der Waals surface area contributed by atoms with Crippen LogP contribution in [-0.4, -0.2) is 53.2 Å². The third kappa shape index (κ3) is 8.81. The largest absolute Gasteiger partial charge is 0.493 e. The number of carbonyl (C=O) groups excluding carboxylic acids is 2. The van der Waals surface area contributed by atoms with E-state index in [0.717, 1.165) is 30.8 Å². The Morgan fingerprint density at radius 2 is 1.78 bits per heavy atom. The molecule has 2 aromatic carbocycles. The number of ether oxygens (including phenoxy) is 1. The maximum Gasteiger partial charge on any atom is 0.295 e. The molecule has 0 aliphatic rings. The summed E-state index contributed by atoms with van der Waals surface area (Å²) in [7, 11) is 5.93. The summed E-state index contributed by atoms with van der Waals surface area (Å²) in [4.78, 5) is 42.1. The Bertz CT molecular complexity index is 1390. The van der Waals surface area contributed by atoms with Crippen molar-refractivity contribution in [3.05, 3.63) is 75.2 Å². The molecule has 0 bridgehead atoms. The Balaban J connectivity index is 1.75. The number of nitrogens with one attached hydrogen (secondary N) is 1. The zero-order chi connectivity index (χ0) is 30.2. The lowest BCUT2D eigenvalue weighted by Crippen LogP contribution is -2.26. The molecule has 0 saturated carbocycles. The van der Waals surface area contributed by atoms with Crippen LogP contribution in [0.2, 0.25) is 5.02 Å². The van der Waals surface area contributed by atoms with Gasteiger partial charge in [0.25, 0.3) is 5.56 Å². The second-order valence-corrected chi connectivity index (χ2v) is 11.9. The first-order valence-corrected chi connectivity index (χ1v) is 14.6. The first-order valence-electron chi connectivity index (χ1n) is 14.2. The highest BCUT2D eigenvalue weighted by Gasteiger charge is 2.27. The Morgan fingerprint density at radius 3 is 2.44 bits per heavy atom. The molecule has 0 radical (unpaired) electrons. The van der Waals surface area contributed by atoms with E-state index in [1.54, 1.807) is 22.9 Å². The van der Waals surface area contributed by atoms with E-state index in [1.165, 1.54) is 0 Å². The standard InChI is InChI=1S/C32H43ClN4O4/c1-7-41-28-17-16-23(33)21-25(28)27(38)18-19-32(2,3)22-29(39)34-30-26(15-11-12-20-35(4)5)36(6)37(31(30)40)24-13-9-8-10-14-24/h8-10,13-14,16-17,21H,7,11-12,15,18-20,22H2,1-6H3,(H,34,39). The van der Waals surface area contributed by atoms with Gasteiger partial charge in [-0.3, -0.25) is 19.1 Å². The van der Waals surface area contributed by atoms with Gasteiger partial charge in [-0.25, -0.2) is 4.68 Å². The Labute approximate surface area is 248 Å². The van der Waals surface area contributed by atoms with Crippen molar-refractivity contribution in [3.8, 4) is 11.4 Å². The van der Waals surface area contributed by atoms with Crippen molar-refractivity contribution in [2.75, 3.05) is 32.6 Å². The highest BCUT2D eigenvalue weighted by Crippen LogP contribution is 2.31. The van der Waals surface area contributed by atoms with E-state index in [0.29, 0.717) is 41.5 Å². The van der Waals surface area contributed by atoms with Gasteiger partial charge >= 0.3 is 0 Å². The molecule has 222 valence electrons. The fourth-order valence-corrected chi connectivity index (χ4v) is 5.11. The molecule has 8 nitrogen and oxygen atoms in total. The highest BCUT2D eigenvalue weighted by atomic mass is 35.5. The Kier molecular flexibility index (Phi) is 11.4. The number of nitrogens with zero attached hydrogens (tertiary/aromatic N) is 3. The van der Waals surface area contributed by atoms with Crippen LogP contribution in [0, 0.1) is 5.41 Å². The number of carbonyl (C=O) groups is 2. The number of hydrogen-bond donors (Lipinski definition) is 1. The third-order valence-electron chi connectivity index (χ3n) is 7.13. The van der Waals surface area contributed by atoms with Gasteiger partial charge in [-0.05, 0) is 89.0 Å². The minimum absolute atomic E-state index is 0.0850. The summed E-state index contributed by atoms with van der Waals surface area (Å²) < 4.78 is 9.05. The van der Waals surface area contributed by atoms with Crippen LogP contribution in [0.1, 0.15) is 68.9 Å². The smallest absolute Gasteiger partial charge is 0.295 e. The van der Waals surface area contributed by atoms with E-state index in [-0.39, 0.29) is 30.1 Å². The van der Waals surface area contributed by atoms with Crippen LogP contribution in [-0.2, 0) is 18.3 Å². The lowest BCUT2D eigenvalue weighted by Gasteiger charge is -2.23. The number of ketones is 1. The average Bonchev–Trinajstić information content (AvgIpc) is 3.14. The summed E-state index contributed by atoms with van der Waals surface area (Å²) in [6, 6.07) is 14.4. The fourth-order valence-electron chi connectivity index (χ4n) is 4.94. The van der Waals surface area contributed by atoms with Crippen LogP contribution in [0.5, 0.6) is 5.75 Å². The number of benzene rings is 2. The number of unbranched alkanes of at least 4 members (excludes halogenated alkanes) is 1. The molecule has 1 N–H and O–H groups in total. The maximum atomic E-state index is 13.6. The van der Waals surface area contributed by atoms with Crippen molar-refractivity contribution in [3.63, 3.8) is 0 Å². The van der Waals surface area contributed by atoms with E-state index in [9.17, 15) is 14.4 Å². The van der Waals surface area contributed by atoms with Gasteiger partial charge in [0.1, 0.15) is 11.4 Å². The van der Waals surface area contributed by atoms with E-state index in [1.807, 2.05) is 76.9 Å². The molecule has 0 aliphatic heterocycles. The van der Waals surface area contributed by atoms with Crippen molar-refractivity contribution >= 4 is 29.0 Å². The number of hydrogen-bond acceptors (Lipinski definition) is 5. The molecule has 1 aromatic heterocycles. The predicted molar refractivity (Wildman–Crippen MR) is 166 cm³/mol. The molecule has 3 rings (SSSR count). The second kappa shape index (κ2) is 14.5. The van der Waals surface area contributed by atoms with E-state index in [4.69, 9.17) is 16.3 Å². The molecule has 0 saturated heterocycles. The molecule has 1 heterocycles. The SMILES string of the molecule is CCOc1ccc(Cl)cc1C(=O)CCC(C)(C)CC(=O)Nc1c(CCCCN(C)C)n(C)n(-c2ccccc2)c1=O. The third-order valence-corrected chi connectivity index (χ3v) is 7.36. The Hall–Kier alpha value is -3.36. The van der Waals surface area contributed by atoms with Crippen molar-refractivity contribution in [2.24, 2.45) is 12.5 Å². The van der Waals surface area contributed by atoms with Gasteiger partial charge in [-0.2, -0.15) is 0 Å². The average molecular weight is 583 g/mol. The van der Waals surface area contributed by atoms with Crippen LogP contribution in [0.3, 0.4) is 0 Å². The van der Waals surface area contributed by atoms with Crippen LogP contribution in [0.4, 0.5) is 5.69 Å². The lowest BCUT2D eigenvalue weighted by molar-refractivity contribution is -0.118. The zero-order valence-corrected chi connectivity index (χ0v) is 25.9. The van der Waals surface area contributed by atoms with Crippen molar-refractivity contribution in [1.82, 2.24) is 14.3 Å². The van der Waals surface area contributed by atoms with E-state index in [2.05, 4.69) is 10.2 Å². The summed E-state index contributed by atoms with van der Waals surface area (Å²) >= 11 is 6.14. The quantitative estimate of drug-likeness (QED) is 0.172. The number of amides is 1. The van der Waals surface area contributed by atoms with Crippen molar-refractivity contribution in [1.29, 1.82) is 0 Å². The summed E-state index contributed by atoms with van der Waals surface area (Å²) in [6.07, 6.45) is 3.40. The molecular formula is C32H43ClN4O4. The van der Waals surface area contributed by atoms with Gasteiger partial charge in [0.05, 0.1) is 23.6 Å². The number of anilines is 1. The molecule has 3 aromatic rings. The normalized spacial score (nSPS) is 11.6. The number of halogens is 1. The van der Waals surface area contributed by atoms with Gasteiger partial charge in [0.2, 0.25) is 5.91 Å². The van der Waals surface area contributed by atoms with E-state index < -0.39 is 5.41 Å². The molecule has 1 amide bonds. The number of rotatable bonds is 15. The minimum Gasteiger partial charge on any atom is -0.493 e. The van der Waals surface area contributed by atoms with E-state index >= 15 is 0 Å². The molecular weight excluding hydrogens is 540 g/mol. The Morgan fingerprint density at radius 1 is 1.07 bits per heavy atom. The van der Waals surface area contributed by atoms with Crippen LogP contribution in [0.15, 0.2) is 53.3 Å². The van der Waals surface area contributed by atoms with Crippen LogP contribution in [0.25, 0.3) is 5.69 Å². The summed E-state index contributed by atoms with van der Waals surface area (Å²) in [5, 5.41) is 3.41. The molecule has 0 atom stereocenters. The summed E-state index contributed by atoms with van der Waals surface area (Å²) in [5.74, 6) is 0.172. The predicted octanol–water partition coefficient (Wildman–Crippen LogP) is 6.13. The van der Waals surface area contributed by atoms with Crippen molar-refractivity contribution in [2.45, 2.75) is 59.3 Å². The lowest BCUT2D eigenvalue weighted by atomic mass is 9.82. The number of Topliss-reactive ketones (excluding diaryl/α,β-unsaturated/α-hetero) is 1. The first-order chi connectivity index (χ1) is 19.4. The fraction of sp³-hybridized carbons (Fsp3) is 0.469. The van der Waals surface area contributed by atoms with Crippen LogP contribution >= 0.6 is 11.6 Å². The highest BCUT2D eigenvalue weighted by molar-refractivity contribution is 6.31. The first kappa shape index (κ1) is 32.2. The number of para-hydroxylation sites is 1. The molecule has 0 fully saturated rings. The zero-order valence-electron chi connectivity index (χ0n) is 25.1. The molecule has 41 heavy (non-hydrogen) atoms. The molecule has 0 unspecified atom stereocenters. The number of aromatic nitrogens is 2. The summed E-state index contributed by atoms with van der Waals surface area (Å²) in [5.41, 5.74) is 1.56. The van der Waals surface area contributed by atoms with Gasteiger partial charge in [-0.1, -0.05) is 43.6 Å². The van der Waals surface area contributed by atoms with Crippen molar-refractivity contribution < 1.29 is 14.3 Å². The molecule has 0 aliphatic carbocycles. The minimum atomic E-state index is -0.483. The van der Waals surface area contributed by atoms with Gasteiger partial charge < -0.3 is 15.0 Å². The van der Waals surface area contributed by atoms with Gasteiger partial charge in [-0.15, -0.1) is 0 Å².